The van der Waals surface area contributed by atoms with Crippen LogP contribution in [0.3, 0.4) is 0 Å². The summed E-state index contributed by atoms with van der Waals surface area (Å²) in [6, 6.07) is 0.277. The van der Waals surface area contributed by atoms with Gasteiger partial charge in [0.2, 0.25) is 11.8 Å². The Balaban J connectivity index is 1.86. The van der Waals surface area contributed by atoms with Gasteiger partial charge in [-0.05, 0) is 50.5 Å². The lowest BCUT2D eigenvalue weighted by Crippen LogP contribution is -2.37. The van der Waals surface area contributed by atoms with E-state index in [2.05, 4.69) is 35.7 Å². The molecule has 30 heavy (non-hydrogen) atoms. The minimum atomic E-state index is -0.293. The van der Waals surface area contributed by atoms with Gasteiger partial charge in [0.25, 0.3) is 0 Å². The highest BCUT2D eigenvalue weighted by Crippen LogP contribution is 2.36. The second-order valence-corrected chi connectivity index (χ2v) is 8.71. The Kier molecular flexibility index (Phi) is 7.83. The molecule has 3 rings (SSSR count). The SMILES string of the molecule is C=C(c1nc(NC(C)CCC)ncc1C(=NC)OC1CC(O)C1)C1CCC(O)CC1. The normalized spacial score (nSPS) is 27.8. The molecule has 0 amide bonds. The molecule has 2 aliphatic carbocycles. The predicted octanol–water partition coefficient (Wildman–Crippen LogP) is 3.56. The Morgan fingerprint density at radius 2 is 1.97 bits per heavy atom. The van der Waals surface area contributed by atoms with Gasteiger partial charge in [-0.25, -0.2) is 9.97 Å². The molecule has 0 spiro atoms. The maximum absolute atomic E-state index is 9.88. The van der Waals surface area contributed by atoms with E-state index in [1.54, 1.807) is 13.2 Å². The maximum atomic E-state index is 9.88. The molecular formula is C23H36N4O3. The molecule has 7 nitrogen and oxygen atoms in total. The summed E-state index contributed by atoms with van der Waals surface area (Å²) in [7, 11) is 1.70. The molecule has 2 aliphatic rings. The van der Waals surface area contributed by atoms with Crippen LogP contribution in [0.1, 0.15) is 76.5 Å². The lowest BCUT2D eigenvalue weighted by atomic mass is 9.81. The van der Waals surface area contributed by atoms with Crippen molar-refractivity contribution in [2.24, 2.45) is 10.9 Å². The lowest BCUT2D eigenvalue weighted by molar-refractivity contribution is -0.0169. The number of hydrogen-bond donors (Lipinski definition) is 3. The molecule has 1 aromatic heterocycles. The number of anilines is 1. The molecular weight excluding hydrogens is 380 g/mol. The largest absolute Gasteiger partial charge is 0.474 e. The number of aliphatic hydroxyl groups excluding tert-OH is 2. The van der Waals surface area contributed by atoms with Crippen LogP contribution < -0.4 is 5.32 Å². The van der Waals surface area contributed by atoms with Gasteiger partial charge in [0.05, 0.1) is 23.5 Å². The summed E-state index contributed by atoms with van der Waals surface area (Å²) >= 11 is 0. The third-order valence-electron chi connectivity index (χ3n) is 6.16. The van der Waals surface area contributed by atoms with E-state index in [0.29, 0.717) is 24.7 Å². The Bertz CT molecular complexity index is 753. The van der Waals surface area contributed by atoms with E-state index in [1.807, 2.05) is 0 Å². The van der Waals surface area contributed by atoms with Crippen molar-refractivity contribution < 1.29 is 14.9 Å². The van der Waals surface area contributed by atoms with Crippen molar-refractivity contribution in [1.82, 2.24) is 9.97 Å². The molecule has 1 aromatic rings. The number of aromatic nitrogens is 2. The highest BCUT2D eigenvalue weighted by molar-refractivity contribution is 5.98. The summed E-state index contributed by atoms with van der Waals surface area (Å²) in [5.41, 5.74) is 2.45. The number of aliphatic imine (C=N–C) groups is 1. The van der Waals surface area contributed by atoms with E-state index in [4.69, 9.17) is 9.72 Å². The summed E-state index contributed by atoms with van der Waals surface area (Å²) in [4.78, 5) is 13.7. The van der Waals surface area contributed by atoms with Crippen molar-refractivity contribution in [1.29, 1.82) is 0 Å². The van der Waals surface area contributed by atoms with Crippen LogP contribution in [-0.2, 0) is 4.74 Å². The zero-order valence-electron chi connectivity index (χ0n) is 18.5. The third kappa shape index (κ3) is 5.58. The molecule has 0 saturated heterocycles. The molecule has 2 fully saturated rings. The number of rotatable bonds is 8. The van der Waals surface area contributed by atoms with Crippen molar-refractivity contribution in [2.45, 2.75) is 89.6 Å². The molecule has 1 heterocycles. The van der Waals surface area contributed by atoms with Crippen molar-refractivity contribution in [3.05, 3.63) is 24.0 Å². The van der Waals surface area contributed by atoms with Gasteiger partial charge in [0, 0.05) is 32.1 Å². The summed E-state index contributed by atoms with van der Waals surface area (Å²) < 4.78 is 6.06. The van der Waals surface area contributed by atoms with Gasteiger partial charge in [-0.1, -0.05) is 19.9 Å². The third-order valence-corrected chi connectivity index (χ3v) is 6.16. The highest BCUT2D eigenvalue weighted by Gasteiger charge is 2.32. The van der Waals surface area contributed by atoms with Gasteiger partial charge in [-0.15, -0.1) is 0 Å². The van der Waals surface area contributed by atoms with E-state index in [1.165, 1.54) is 0 Å². The molecule has 2 saturated carbocycles. The first kappa shape index (κ1) is 22.7. The fourth-order valence-corrected chi connectivity index (χ4v) is 4.22. The second kappa shape index (κ2) is 10.4. The standard InChI is InChI=1S/C23H36N4O3/c1-5-6-14(2)26-23-25-13-20(22(24-4)30-19-11-18(29)12-19)21(27-23)15(3)16-7-9-17(28)10-8-16/h13-14,16-19,28-29H,3,5-12H2,1-2,4H3,(H,25,26,27). The van der Waals surface area contributed by atoms with E-state index in [0.717, 1.165) is 55.4 Å². The molecule has 7 heteroatoms. The van der Waals surface area contributed by atoms with Crippen molar-refractivity contribution in [3.8, 4) is 0 Å². The summed E-state index contributed by atoms with van der Waals surface area (Å²) in [5.74, 6) is 1.35. The van der Waals surface area contributed by atoms with Crippen molar-refractivity contribution in [3.63, 3.8) is 0 Å². The van der Waals surface area contributed by atoms with Crippen LogP contribution >= 0.6 is 0 Å². The highest BCUT2D eigenvalue weighted by atomic mass is 16.5. The number of allylic oxidation sites excluding steroid dienone is 1. The van der Waals surface area contributed by atoms with Crippen LogP contribution in [0.25, 0.3) is 5.57 Å². The molecule has 0 bridgehead atoms. The first-order valence-corrected chi connectivity index (χ1v) is 11.2. The van der Waals surface area contributed by atoms with Crippen molar-refractivity contribution >= 4 is 17.4 Å². The zero-order chi connectivity index (χ0) is 21.7. The van der Waals surface area contributed by atoms with E-state index < -0.39 is 0 Å². The van der Waals surface area contributed by atoms with E-state index in [-0.39, 0.29) is 30.3 Å². The molecule has 166 valence electrons. The van der Waals surface area contributed by atoms with E-state index in [9.17, 15) is 10.2 Å². The average Bonchev–Trinajstić information content (AvgIpc) is 2.71. The number of hydrogen-bond acceptors (Lipinski definition) is 7. The van der Waals surface area contributed by atoms with Gasteiger partial charge in [-0.3, -0.25) is 4.99 Å². The van der Waals surface area contributed by atoms with Gasteiger partial charge in [-0.2, -0.15) is 0 Å². The number of nitrogens with one attached hydrogen (secondary N) is 1. The first-order valence-electron chi connectivity index (χ1n) is 11.2. The molecule has 1 atom stereocenters. The topological polar surface area (TPSA) is 99.9 Å². The Morgan fingerprint density at radius 1 is 1.27 bits per heavy atom. The Hall–Kier alpha value is -1.99. The number of nitrogens with zero attached hydrogens (tertiary/aromatic N) is 3. The van der Waals surface area contributed by atoms with Crippen LogP contribution in [0.15, 0.2) is 17.8 Å². The Morgan fingerprint density at radius 3 is 2.57 bits per heavy atom. The quantitative estimate of drug-likeness (QED) is 0.443. The smallest absolute Gasteiger partial charge is 0.223 e. The van der Waals surface area contributed by atoms with Crippen molar-refractivity contribution in [2.75, 3.05) is 12.4 Å². The lowest BCUT2D eigenvalue weighted by Gasteiger charge is -2.32. The number of ether oxygens (including phenoxy) is 1. The predicted molar refractivity (Wildman–Crippen MR) is 120 cm³/mol. The van der Waals surface area contributed by atoms with Crippen LogP contribution in [0, 0.1) is 5.92 Å². The fourth-order valence-electron chi connectivity index (χ4n) is 4.22. The molecule has 1 unspecified atom stereocenters. The first-order chi connectivity index (χ1) is 14.4. The van der Waals surface area contributed by atoms with Gasteiger partial charge >= 0.3 is 0 Å². The summed E-state index contributed by atoms with van der Waals surface area (Å²) in [6.07, 6.45) is 7.94. The van der Waals surface area contributed by atoms with Crippen LogP contribution in [0.2, 0.25) is 0 Å². The molecule has 0 aliphatic heterocycles. The zero-order valence-corrected chi connectivity index (χ0v) is 18.5. The molecule has 0 aromatic carbocycles. The minimum absolute atomic E-state index is 0.0352. The van der Waals surface area contributed by atoms with Gasteiger partial charge in [0.1, 0.15) is 6.10 Å². The molecule has 0 radical (unpaired) electrons. The fraction of sp³-hybridized carbons (Fsp3) is 0.696. The van der Waals surface area contributed by atoms with Crippen LogP contribution in [-0.4, -0.2) is 57.5 Å². The van der Waals surface area contributed by atoms with Gasteiger partial charge < -0.3 is 20.3 Å². The van der Waals surface area contributed by atoms with Crippen LogP contribution in [0.4, 0.5) is 5.95 Å². The van der Waals surface area contributed by atoms with E-state index >= 15 is 0 Å². The van der Waals surface area contributed by atoms with Crippen LogP contribution in [0.5, 0.6) is 0 Å². The Labute approximate surface area is 179 Å². The van der Waals surface area contributed by atoms with Gasteiger partial charge in [0.15, 0.2) is 0 Å². The number of aliphatic hydroxyl groups is 2. The summed E-state index contributed by atoms with van der Waals surface area (Å²) in [5, 5.41) is 22.9. The second-order valence-electron chi connectivity index (χ2n) is 8.71. The average molecular weight is 417 g/mol. The molecule has 3 N–H and O–H groups in total. The monoisotopic (exact) mass is 416 g/mol. The minimum Gasteiger partial charge on any atom is -0.474 e. The maximum Gasteiger partial charge on any atom is 0.223 e. The summed E-state index contributed by atoms with van der Waals surface area (Å²) in [6.45, 7) is 8.67.